The lowest BCUT2D eigenvalue weighted by atomic mass is 10.2. The molecular formula is C22H24N4O3. The molecule has 1 heterocycles. The number of hydrogen-bond acceptors (Lipinski definition) is 5. The number of benzene rings is 2. The SMILES string of the molecule is COc1ccc(OCC(=O)N/N=C\c2c(C)nn(Cc3ccccc3)c2C)cc1. The predicted molar refractivity (Wildman–Crippen MR) is 111 cm³/mol. The molecule has 0 saturated carbocycles. The zero-order valence-electron chi connectivity index (χ0n) is 16.8. The van der Waals surface area contributed by atoms with Crippen LogP contribution >= 0.6 is 0 Å². The number of aromatic nitrogens is 2. The highest BCUT2D eigenvalue weighted by Crippen LogP contribution is 2.17. The van der Waals surface area contributed by atoms with E-state index < -0.39 is 0 Å². The van der Waals surface area contributed by atoms with Crippen LogP contribution in [0, 0.1) is 13.8 Å². The van der Waals surface area contributed by atoms with Gasteiger partial charge in [0, 0.05) is 11.3 Å². The number of hydrogen-bond donors (Lipinski definition) is 1. The second-order valence-corrected chi connectivity index (χ2v) is 6.49. The molecule has 3 rings (SSSR count). The Balaban J connectivity index is 1.54. The number of aryl methyl sites for hydroxylation is 1. The zero-order valence-corrected chi connectivity index (χ0v) is 16.8. The van der Waals surface area contributed by atoms with E-state index in [1.807, 2.05) is 36.7 Å². The van der Waals surface area contributed by atoms with Crippen molar-refractivity contribution in [3.63, 3.8) is 0 Å². The van der Waals surface area contributed by atoms with Crippen LogP contribution in [0.3, 0.4) is 0 Å². The Morgan fingerprint density at radius 1 is 1.10 bits per heavy atom. The van der Waals surface area contributed by atoms with Crippen LogP contribution in [-0.2, 0) is 11.3 Å². The van der Waals surface area contributed by atoms with E-state index in [2.05, 4.69) is 27.8 Å². The molecule has 0 spiro atoms. The van der Waals surface area contributed by atoms with Crippen LogP contribution < -0.4 is 14.9 Å². The number of carbonyl (C=O) groups excluding carboxylic acids is 1. The molecule has 0 bridgehead atoms. The van der Waals surface area contributed by atoms with Gasteiger partial charge in [-0.15, -0.1) is 0 Å². The maximum Gasteiger partial charge on any atom is 0.277 e. The molecule has 0 aliphatic heterocycles. The van der Waals surface area contributed by atoms with Gasteiger partial charge in [0.25, 0.3) is 5.91 Å². The van der Waals surface area contributed by atoms with Gasteiger partial charge in [0.05, 0.1) is 25.6 Å². The summed E-state index contributed by atoms with van der Waals surface area (Å²) < 4.78 is 12.4. The summed E-state index contributed by atoms with van der Waals surface area (Å²) in [4.78, 5) is 12.0. The van der Waals surface area contributed by atoms with Gasteiger partial charge in [0.15, 0.2) is 6.61 Å². The van der Waals surface area contributed by atoms with Crippen molar-refractivity contribution in [2.75, 3.05) is 13.7 Å². The number of ether oxygens (including phenoxy) is 2. The third-order valence-electron chi connectivity index (χ3n) is 4.42. The van der Waals surface area contributed by atoms with Crippen molar-refractivity contribution < 1.29 is 14.3 Å². The molecule has 0 radical (unpaired) electrons. The van der Waals surface area contributed by atoms with E-state index in [1.54, 1.807) is 37.6 Å². The average molecular weight is 392 g/mol. The lowest BCUT2D eigenvalue weighted by Crippen LogP contribution is -2.24. The van der Waals surface area contributed by atoms with Gasteiger partial charge in [-0.2, -0.15) is 10.2 Å². The van der Waals surface area contributed by atoms with Crippen LogP contribution in [-0.4, -0.2) is 35.6 Å². The van der Waals surface area contributed by atoms with Crippen molar-refractivity contribution in [3.8, 4) is 11.5 Å². The minimum absolute atomic E-state index is 0.130. The van der Waals surface area contributed by atoms with E-state index in [1.165, 1.54) is 5.56 Å². The number of rotatable bonds is 8. The van der Waals surface area contributed by atoms with Gasteiger partial charge in [-0.25, -0.2) is 5.43 Å². The molecule has 0 aliphatic rings. The molecular weight excluding hydrogens is 368 g/mol. The van der Waals surface area contributed by atoms with Gasteiger partial charge in [-0.05, 0) is 43.7 Å². The fourth-order valence-electron chi connectivity index (χ4n) is 2.83. The van der Waals surface area contributed by atoms with E-state index in [0.29, 0.717) is 12.3 Å². The second kappa shape index (κ2) is 9.54. The van der Waals surface area contributed by atoms with Crippen LogP contribution in [0.15, 0.2) is 59.7 Å². The number of nitrogens with one attached hydrogen (secondary N) is 1. The maximum atomic E-state index is 12.0. The van der Waals surface area contributed by atoms with Crippen LogP contribution in [0.4, 0.5) is 0 Å². The fraction of sp³-hybridized carbons (Fsp3) is 0.227. The van der Waals surface area contributed by atoms with Crippen molar-refractivity contribution in [2.24, 2.45) is 5.10 Å². The zero-order chi connectivity index (χ0) is 20.6. The number of nitrogens with zero attached hydrogens (tertiary/aromatic N) is 3. The van der Waals surface area contributed by atoms with E-state index in [9.17, 15) is 4.79 Å². The largest absolute Gasteiger partial charge is 0.497 e. The maximum absolute atomic E-state index is 12.0. The van der Waals surface area contributed by atoms with Gasteiger partial charge >= 0.3 is 0 Å². The minimum atomic E-state index is -0.343. The number of amides is 1. The molecule has 7 heteroatoms. The summed E-state index contributed by atoms with van der Waals surface area (Å²) in [5.74, 6) is 0.966. The first kappa shape index (κ1) is 20.1. The van der Waals surface area contributed by atoms with Gasteiger partial charge in [-0.3, -0.25) is 9.48 Å². The summed E-state index contributed by atoms with van der Waals surface area (Å²) in [5, 5.41) is 8.62. The van der Waals surface area contributed by atoms with E-state index in [0.717, 1.165) is 22.7 Å². The van der Waals surface area contributed by atoms with E-state index >= 15 is 0 Å². The highest BCUT2D eigenvalue weighted by molar-refractivity contribution is 5.84. The molecule has 1 amide bonds. The monoisotopic (exact) mass is 392 g/mol. The first-order valence-corrected chi connectivity index (χ1v) is 9.23. The van der Waals surface area contributed by atoms with Crippen molar-refractivity contribution in [1.82, 2.24) is 15.2 Å². The Morgan fingerprint density at radius 3 is 2.48 bits per heavy atom. The average Bonchev–Trinajstić information content (AvgIpc) is 3.00. The van der Waals surface area contributed by atoms with E-state index in [4.69, 9.17) is 9.47 Å². The van der Waals surface area contributed by atoms with Crippen LogP contribution in [0.2, 0.25) is 0 Å². The van der Waals surface area contributed by atoms with Gasteiger partial charge in [0.1, 0.15) is 11.5 Å². The van der Waals surface area contributed by atoms with Crippen molar-refractivity contribution in [2.45, 2.75) is 20.4 Å². The molecule has 0 unspecified atom stereocenters. The number of carbonyl (C=O) groups is 1. The van der Waals surface area contributed by atoms with Gasteiger partial charge < -0.3 is 9.47 Å². The lowest BCUT2D eigenvalue weighted by Gasteiger charge is -2.06. The highest BCUT2D eigenvalue weighted by atomic mass is 16.5. The van der Waals surface area contributed by atoms with Crippen molar-refractivity contribution >= 4 is 12.1 Å². The summed E-state index contributed by atoms with van der Waals surface area (Å²) in [6.07, 6.45) is 1.62. The Hall–Kier alpha value is -3.61. The van der Waals surface area contributed by atoms with Gasteiger partial charge in [0.2, 0.25) is 0 Å². The molecule has 1 N–H and O–H groups in total. The summed E-state index contributed by atoms with van der Waals surface area (Å²) in [5.41, 5.74) is 6.38. The Kier molecular flexibility index (Phi) is 6.63. The molecule has 1 aromatic heterocycles. The first-order valence-electron chi connectivity index (χ1n) is 9.23. The summed E-state index contributed by atoms with van der Waals surface area (Å²) in [6, 6.07) is 17.1. The van der Waals surface area contributed by atoms with Crippen LogP contribution in [0.1, 0.15) is 22.5 Å². The highest BCUT2D eigenvalue weighted by Gasteiger charge is 2.10. The molecule has 3 aromatic rings. The topological polar surface area (TPSA) is 77.7 Å². The first-order chi connectivity index (χ1) is 14.1. The summed E-state index contributed by atoms with van der Waals surface area (Å²) >= 11 is 0. The van der Waals surface area contributed by atoms with Gasteiger partial charge in [-0.1, -0.05) is 30.3 Å². The molecule has 0 saturated heterocycles. The molecule has 0 fully saturated rings. The van der Waals surface area contributed by atoms with Crippen molar-refractivity contribution in [1.29, 1.82) is 0 Å². The fourth-order valence-corrected chi connectivity index (χ4v) is 2.83. The predicted octanol–water partition coefficient (Wildman–Crippen LogP) is 3.09. The Morgan fingerprint density at radius 2 is 1.79 bits per heavy atom. The van der Waals surface area contributed by atoms with Crippen molar-refractivity contribution in [3.05, 3.63) is 77.1 Å². The lowest BCUT2D eigenvalue weighted by molar-refractivity contribution is -0.123. The standard InChI is InChI=1S/C22H24N4O3/c1-16-21(17(2)26(25-16)14-18-7-5-4-6-8-18)13-23-24-22(27)15-29-20-11-9-19(28-3)10-12-20/h4-13H,14-15H2,1-3H3,(H,24,27)/b23-13-. The number of hydrazone groups is 1. The third kappa shape index (κ3) is 5.44. The normalized spacial score (nSPS) is 10.9. The second-order valence-electron chi connectivity index (χ2n) is 6.49. The minimum Gasteiger partial charge on any atom is -0.497 e. The Bertz CT molecular complexity index is 979. The molecule has 7 nitrogen and oxygen atoms in total. The molecule has 2 aromatic carbocycles. The number of methoxy groups -OCH3 is 1. The molecule has 0 atom stereocenters. The Labute approximate surface area is 170 Å². The molecule has 0 aliphatic carbocycles. The van der Waals surface area contributed by atoms with E-state index in [-0.39, 0.29) is 12.5 Å². The quantitative estimate of drug-likeness (QED) is 0.472. The molecule has 150 valence electrons. The smallest absolute Gasteiger partial charge is 0.277 e. The summed E-state index contributed by atoms with van der Waals surface area (Å²) in [6.45, 7) is 4.46. The summed E-state index contributed by atoms with van der Waals surface area (Å²) in [7, 11) is 1.59. The molecule has 29 heavy (non-hydrogen) atoms. The van der Waals surface area contributed by atoms with Crippen LogP contribution in [0.5, 0.6) is 11.5 Å². The van der Waals surface area contributed by atoms with Crippen LogP contribution in [0.25, 0.3) is 0 Å². The third-order valence-corrected chi connectivity index (χ3v) is 4.42.